The summed E-state index contributed by atoms with van der Waals surface area (Å²) >= 11 is 4.73. The molecule has 2 aromatic rings. The van der Waals surface area contributed by atoms with Crippen molar-refractivity contribution >= 4 is 33.8 Å². The van der Waals surface area contributed by atoms with Gasteiger partial charge >= 0.3 is 5.97 Å². The molecular weight excluding hydrogens is 326 g/mol. The first-order valence-corrected chi connectivity index (χ1v) is 7.23. The van der Waals surface area contributed by atoms with Crippen LogP contribution >= 0.6 is 27.9 Å². The maximum Gasteiger partial charge on any atom is 0.318 e. The van der Waals surface area contributed by atoms with Gasteiger partial charge in [0, 0.05) is 9.37 Å². The fourth-order valence-electron chi connectivity index (χ4n) is 1.54. The zero-order valence-electron chi connectivity index (χ0n) is 9.97. The van der Waals surface area contributed by atoms with Crippen molar-refractivity contribution in [3.8, 4) is 11.1 Å². The van der Waals surface area contributed by atoms with E-state index in [1.165, 1.54) is 11.9 Å². The molecule has 19 heavy (non-hydrogen) atoms. The van der Waals surface area contributed by atoms with Gasteiger partial charge in [0.1, 0.15) is 6.54 Å². The summed E-state index contributed by atoms with van der Waals surface area (Å²) in [5.41, 5.74) is 2.29. The lowest BCUT2D eigenvalue weighted by molar-refractivity contribution is -0.135. The van der Waals surface area contributed by atoms with Crippen molar-refractivity contribution in [2.45, 2.75) is 4.90 Å². The number of benzene rings is 2. The predicted octanol–water partition coefficient (Wildman–Crippen LogP) is 3.80. The Morgan fingerprint density at radius 1 is 1.05 bits per heavy atom. The summed E-state index contributed by atoms with van der Waals surface area (Å²) in [4.78, 5) is 11.4. The molecule has 0 radical (unpaired) electrons. The van der Waals surface area contributed by atoms with Crippen molar-refractivity contribution in [3.05, 3.63) is 53.0 Å². The highest BCUT2D eigenvalue weighted by atomic mass is 79.9. The van der Waals surface area contributed by atoms with Crippen LogP contribution in [0.2, 0.25) is 0 Å². The number of aliphatic carboxylic acids is 1. The van der Waals surface area contributed by atoms with Crippen molar-refractivity contribution in [2.24, 2.45) is 0 Å². The molecular formula is C14H12BrNO2S. The molecule has 0 saturated heterocycles. The predicted molar refractivity (Wildman–Crippen MR) is 81.1 cm³/mol. The summed E-state index contributed by atoms with van der Waals surface area (Å²) in [5, 5.41) is 8.53. The van der Waals surface area contributed by atoms with Crippen LogP contribution in [0.3, 0.4) is 0 Å². The average Bonchev–Trinajstić information content (AvgIpc) is 2.40. The van der Waals surface area contributed by atoms with E-state index in [4.69, 9.17) is 5.11 Å². The maximum absolute atomic E-state index is 10.4. The van der Waals surface area contributed by atoms with Gasteiger partial charge in [0.2, 0.25) is 0 Å². The number of carbonyl (C=O) groups is 1. The van der Waals surface area contributed by atoms with Gasteiger partial charge in [-0.2, -0.15) is 0 Å². The van der Waals surface area contributed by atoms with Gasteiger partial charge in [0.15, 0.2) is 0 Å². The second-order valence-corrected chi connectivity index (χ2v) is 5.73. The Morgan fingerprint density at radius 3 is 2.11 bits per heavy atom. The van der Waals surface area contributed by atoms with Gasteiger partial charge < -0.3 is 5.11 Å². The Bertz CT molecular complexity index is 555. The SMILES string of the molecule is O=C(O)CNSc1ccc(-c2ccc(Br)cc2)cc1. The van der Waals surface area contributed by atoms with E-state index in [9.17, 15) is 4.79 Å². The van der Waals surface area contributed by atoms with Gasteiger partial charge in [-0.3, -0.25) is 4.79 Å². The standard InChI is InChI=1S/C14H12BrNO2S/c15-12-5-1-10(2-6-12)11-3-7-13(8-4-11)19-16-9-14(17)18/h1-8,16H,9H2,(H,17,18). The fraction of sp³-hybridized carbons (Fsp3) is 0.0714. The highest BCUT2D eigenvalue weighted by Gasteiger charge is 2.00. The minimum atomic E-state index is -0.862. The number of nitrogens with one attached hydrogen (secondary N) is 1. The third-order valence-corrected chi connectivity index (χ3v) is 3.77. The van der Waals surface area contributed by atoms with Gasteiger partial charge in [0.05, 0.1) is 0 Å². The Labute approximate surface area is 124 Å². The van der Waals surface area contributed by atoms with Crippen LogP contribution in [0.25, 0.3) is 11.1 Å². The molecule has 2 aromatic carbocycles. The summed E-state index contributed by atoms with van der Waals surface area (Å²) < 4.78 is 3.84. The second-order valence-electron chi connectivity index (χ2n) is 3.85. The lowest BCUT2D eigenvalue weighted by Gasteiger charge is -2.04. The first kappa shape index (κ1) is 14.1. The highest BCUT2D eigenvalue weighted by molar-refractivity contribution is 9.10. The molecule has 3 nitrogen and oxygen atoms in total. The molecule has 2 N–H and O–H groups in total. The van der Waals surface area contributed by atoms with Gasteiger partial charge in [-0.25, -0.2) is 4.72 Å². The number of carboxylic acid groups (broad SMARTS) is 1. The quantitative estimate of drug-likeness (QED) is 0.815. The fourth-order valence-corrected chi connectivity index (χ4v) is 2.44. The Kier molecular flexibility index (Phi) is 5.01. The van der Waals surface area contributed by atoms with Crippen LogP contribution in [0.4, 0.5) is 0 Å². The molecule has 98 valence electrons. The Balaban J connectivity index is 2.02. The van der Waals surface area contributed by atoms with E-state index in [2.05, 4.69) is 32.8 Å². The number of rotatable bonds is 5. The van der Waals surface area contributed by atoms with E-state index in [1.807, 2.05) is 36.4 Å². The lowest BCUT2D eigenvalue weighted by atomic mass is 10.1. The molecule has 0 aliphatic heterocycles. The van der Waals surface area contributed by atoms with Crippen LogP contribution in [-0.4, -0.2) is 17.6 Å². The van der Waals surface area contributed by atoms with Crippen LogP contribution in [0.1, 0.15) is 0 Å². The van der Waals surface area contributed by atoms with E-state index >= 15 is 0 Å². The van der Waals surface area contributed by atoms with Crippen molar-refractivity contribution in [1.82, 2.24) is 4.72 Å². The smallest absolute Gasteiger partial charge is 0.318 e. The summed E-state index contributed by atoms with van der Waals surface area (Å²) in [5.74, 6) is -0.862. The van der Waals surface area contributed by atoms with Crippen molar-refractivity contribution in [3.63, 3.8) is 0 Å². The molecule has 0 unspecified atom stereocenters. The van der Waals surface area contributed by atoms with Gasteiger partial charge in [-0.15, -0.1) is 0 Å². The van der Waals surface area contributed by atoms with Crippen molar-refractivity contribution < 1.29 is 9.90 Å². The molecule has 0 bridgehead atoms. The van der Waals surface area contributed by atoms with Crippen molar-refractivity contribution in [2.75, 3.05) is 6.54 Å². The van der Waals surface area contributed by atoms with Crippen LogP contribution < -0.4 is 4.72 Å². The number of halogens is 1. The summed E-state index contributed by atoms with van der Waals surface area (Å²) in [6, 6.07) is 16.1. The lowest BCUT2D eigenvalue weighted by Crippen LogP contribution is -2.15. The first-order valence-electron chi connectivity index (χ1n) is 5.62. The molecule has 2 rings (SSSR count). The first-order chi connectivity index (χ1) is 9.15. The van der Waals surface area contributed by atoms with Crippen LogP contribution in [0.5, 0.6) is 0 Å². The van der Waals surface area contributed by atoms with Gasteiger partial charge in [-0.05, 0) is 47.3 Å². The van der Waals surface area contributed by atoms with E-state index in [-0.39, 0.29) is 6.54 Å². The Morgan fingerprint density at radius 2 is 1.58 bits per heavy atom. The maximum atomic E-state index is 10.4. The molecule has 0 atom stereocenters. The van der Waals surface area contributed by atoms with Gasteiger partial charge in [0.25, 0.3) is 0 Å². The van der Waals surface area contributed by atoms with E-state index in [0.717, 1.165) is 20.5 Å². The second kappa shape index (κ2) is 6.75. The minimum absolute atomic E-state index is 0.0564. The molecule has 5 heteroatoms. The van der Waals surface area contributed by atoms with Crippen LogP contribution in [0, 0.1) is 0 Å². The van der Waals surface area contributed by atoms with E-state index in [0.29, 0.717) is 0 Å². The molecule has 0 aromatic heterocycles. The summed E-state index contributed by atoms with van der Waals surface area (Å²) in [7, 11) is 0. The Hall–Kier alpha value is -1.30. The molecule has 0 amide bonds. The van der Waals surface area contributed by atoms with Crippen LogP contribution in [-0.2, 0) is 4.79 Å². The number of hydrogen-bond donors (Lipinski definition) is 2. The molecule has 0 saturated carbocycles. The minimum Gasteiger partial charge on any atom is -0.480 e. The number of hydrogen-bond acceptors (Lipinski definition) is 3. The molecule has 0 fully saturated rings. The molecule has 0 aliphatic carbocycles. The van der Waals surface area contributed by atoms with Gasteiger partial charge in [-0.1, -0.05) is 40.2 Å². The highest BCUT2D eigenvalue weighted by Crippen LogP contribution is 2.24. The van der Waals surface area contributed by atoms with Crippen molar-refractivity contribution in [1.29, 1.82) is 0 Å². The zero-order chi connectivity index (χ0) is 13.7. The normalized spacial score (nSPS) is 10.4. The average molecular weight is 338 g/mol. The van der Waals surface area contributed by atoms with E-state index in [1.54, 1.807) is 0 Å². The third kappa shape index (κ3) is 4.38. The largest absolute Gasteiger partial charge is 0.480 e. The molecule has 0 heterocycles. The van der Waals surface area contributed by atoms with E-state index < -0.39 is 5.97 Å². The number of carboxylic acids is 1. The molecule has 0 spiro atoms. The summed E-state index contributed by atoms with van der Waals surface area (Å²) in [6.45, 7) is -0.0564. The zero-order valence-corrected chi connectivity index (χ0v) is 12.4. The summed E-state index contributed by atoms with van der Waals surface area (Å²) in [6.07, 6.45) is 0. The monoisotopic (exact) mass is 337 g/mol. The third-order valence-electron chi connectivity index (χ3n) is 2.45. The van der Waals surface area contributed by atoms with Crippen LogP contribution in [0.15, 0.2) is 57.9 Å². The topological polar surface area (TPSA) is 49.3 Å². The molecule has 0 aliphatic rings.